The Morgan fingerprint density at radius 2 is 2.29 bits per heavy atom. The lowest BCUT2D eigenvalue weighted by Gasteiger charge is -2.07. The molecule has 2 rings (SSSR count). The zero-order chi connectivity index (χ0) is 12.4. The number of aryl methyl sites for hydroxylation is 2. The smallest absolute Gasteiger partial charge is 0.272 e. The Balaban J connectivity index is 2.23. The van der Waals surface area contributed by atoms with E-state index in [-0.39, 0.29) is 5.91 Å². The molecule has 17 heavy (non-hydrogen) atoms. The highest BCUT2D eigenvalue weighted by Gasteiger charge is 2.12. The van der Waals surface area contributed by atoms with Crippen molar-refractivity contribution in [1.29, 1.82) is 0 Å². The summed E-state index contributed by atoms with van der Waals surface area (Å²) in [6.45, 7) is 1.93. The van der Waals surface area contributed by atoms with Crippen LogP contribution in [0.1, 0.15) is 16.1 Å². The Morgan fingerprint density at radius 3 is 2.88 bits per heavy atom. The summed E-state index contributed by atoms with van der Waals surface area (Å²) in [6, 6.07) is 3.64. The summed E-state index contributed by atoms with van der Waals surface area (Å²) in [5.41, 5.74) is 2.32. The molecule has 5 heteroatoms. The minimum atomic E-state index is -0.144. The van der Waals surface area contributed by atoms with Crippen LogP contribution >= 0.6 is 15.9 Å². The standard InChI is InChI=1S/C12H12BrN3O/c1-8-3-4-14-6-10(8)15-12(17)11-5-9(13)7-16(11)2/h3-7H,1-2H3,(H,15,17). The number of nitrogens with one attached hydrogen (secondary N) is 1. The second kappa shape index (κ2) is 4.71. The van der Waals surface area contributed by atoms with E-state index in [1.165, 1.54) is 0 Å². The summed E-state index contributed by atoms with van der Waals surface area (Å²) >= 11 is 3.34. The Kier molecular flexibility index (Phi) is 3.28. The van der Waals surface area contributed by atoms with Crippen molar-refractivity contribution in [2.45, 2.75) is 6.92 Å². The molecule has 0 aliphatic heterocycles. The predicted molar refractivity (Wildman–Crippen MR) is 70.0 cm³/mol. The number of carbonyl (C=O) groups is 1. The van der Waals surface area contributed by atoms with Gasteiger partial charge in [-0.1, -0.05) is 0 Å². The largest absolute Gasteiger partial charge is 0.345 e. The molecule has 0 radical (unpaired) electrons. The third-order valence-corrected chi connectivity index (χ3v) is 2.93. The van der Waals surface area contributed by atoms with Gasteiger partial charge in [-0.15, -0.1) is 0 Å². The average Bonchev–Trinajstić information content (AvgIpc) is 2.61. The van der Waals surface area contributed by atoms with Crippen molar-refractivity contribution >= 4 is 27.5 Å². The van der Waals surface area contributed by atoms with Gasteiger partial charge in [0.2, 0.25) is 0 Å². The summed E-state index contributed by atoms with van der Waals surface area (Å²) in [6.07, 6.45) is 5.18. The number of aromatic nitrogens is 2. The first-order valence-corrected chi connectivity index (χ1v) is 5.91. The van der Waals surface area contributed by atoms with Crippen LogP contribution in [0.4, 0.5) is 5.69 Å². The number of nitrogens with zero attached hydrogens (tertiary/aromatic N) is 2. The van der Waals surface area contributed by atoms with E-state index in [2.05, 4.69) is 26.2 Å². The Bertz CT molecular complexity index is 563. The zero-order valence-corrected chi connectivity index (χ0v) is 11.2. The van der Waals surface area contributed by atoms with Crippen molar-refractivity contribution in [2.75, 3.05) is 5.32 Å². The molecular weight excluding hydrogens is 282 g/mol. The third-order valence-electron chi connectivity index (χ3n) is 2.49. The van der Waals surface area contributed by atoms with E-state index >= 15 is 0 Å². The number of carbonyl (C=O) groups excluding carboxylic acids is 1. The first-order valence-electron chi connectivity index (χ1n) is 5.12. The summed E-state index contributed by atoms with van der Waals surface area (Å²) in [5.74, 6) is -0.144. The average molecular weight is 294 g/mol. The van der Waals surface area contributed by atoms with Crippen molar-refractivity contribution in [1.82, 2.24) is 9.55 Å². The molecule has 2 aromatic rings. The van der Waals surface area contributed by atoms with Crippen LogP contribution in [-0.4, -0.2) is 15.5 Å². The van der Waals surface area contributed by atoms with Gasteiger partial charge in [0.15, 0.2) is 0 Å². The van der Waals surface area contributed by atoms with E-state index in [4.69, 9.17) is 0 Å². The molecule has 0 unspecified atom stereocenters. The minimum Gasteiger partial charge on any atom is -0.345 e. The molecule has 1 amide bonds. The Morgan fingerprint density at radius 1 is 1.53 bits per heavy atom. The fourth-order valence-corrected chi connectivity index (χ4v) is 2.06. The number of amides is 1. The highest BCUT2D eigenvalue weighted by molar-refractivity contribution is 9.10. The topological polar surface area (TPSA) is 46.9 Å². The third kappa shape index (κ3) is 2.55. The van der Waals surface area contributed by atoms with Gasteiger partial charge in [-0.25, -0.2) is 0 Å². The molecule has 0 fully saturated rings. The van der Waals surface area contributed by atoms with E-state index in [9.17, 15) is 4.79 Å². The second-order valence-electron chi connectivity index (χ2n) is 3.80. The van der Waals surface area contributed by atoms with Gasteiger partial charge in [0.25, 0.3) is 5.91 Å². The van der Waals surface area contributed by atoms with Crippen LogP contribution in [0.2, 0.25) is 0 Å². The van der Waals surface area contributed by atoms with Gasteiger partial charge >= 0.3 is 0 Å². The maximum atomic E-state index is 12.0. The molecule has 0 bridgehead atoms. The number of hydrogen-bond acceptors (Lipinski definition) is 2. The molecular formula is C12H12BrN3O. The van der Waals surface area contributed by atoms with Gasteiger partial charge in [0.05, 0.1) is 11.9 Å². The van der Waals surface area contributed by atoms with Crippen LogP contribution in [0, 0.1) is 6.92 Å². The van der Waals surface area contributed by atoms with Gasteiger partial charge in [-0.2, -0.15) is 0 Å². The molecule has 4 nitrogen and oxygen atoms in total. The highest BCUT2D eigenvalue weighted by Crippen LogP contribution is 2.17. The molecule has 0 aromatic carbocycles. The van der Waals surface area contributed by atoms with E-state index in [1.807, 2.05) is 26.2 Å². The SMILES string of the molecule is Cc1ccncc1NC(=O)c1cc(Br)cn1C. The number of rotatable bonds is 2. The first kappa shape index (κ1) is 11.9. The van der Waals surface area contributed by atoms with Crippen LogP contribution < -0.4 is 5.32 Å². The second-order valence-corrected chi connectivity index (χ2v) is 4.71. The van der Waals surface area contributed by atoms with Crippen LogP contribution in [-0.2, 0) is 7.05 Å². The Labute approximate surface area is 108 Å². The number of anilines is 1. The maximum Gasteiger partial charge on any atom is 0.272 e. The van der Waals surface area contributed by atoms with Gasteiger partial charge in [-0.3, -0.25) is 9.78 Å². The lowest BCUT2D eigenvalue weighted by Crippen LogP contribution is -2.16. The highest BCUT2D eigenvalue weighted by atomic mass is 79.9. The van der Waals surface area contributed by atoms with Crippen LogP contribution in [0.5, 0.6) is 0 Å². The van der Waals surface area contributed by atoms with E-state index in [1.54, 1.807) is 23.0 Å². The molecule has 1 N–H and O–H groups in total. The Hall–Kier alpha value is -1.62. The van der Waals surface area contributed by atoms with Gasteiger partial charge in [-0.05, 0) is 40.5 Å². The summed E-state index contributed by atoms with van der Waals surface area (Å²) in [4.78, 5) is 16.0. The van der Waals surface area contributed by atoms with Crippen molar-refractivity contribution in [2.24, 2.45) is 7.05 Å². The van der Waals surface area contributed by atoms with E-state index < -0.39 is 0 Å². The fourth-order valence-electron chi connectivity index (χ4n) is 1.53. The predicted octanol–water partition coefficient (Wildman–Crippen LogP) is 2.74. The summed E-state index contributed by atoms with van der Waals surface area (Å²) in [5, 5.41) is 2.84. The van der Waals surface area contributed by atoms with Crippen molar-refractivity contribution in [3.05, 3.63) is 46.5 Å². The van der Waals surface area contributed by atoms with Gasteiger partial charge < -0.3 is 9.88 Å². The molecule has 0 saturated heterocycles. The van der Waals surface area contributed by atoms with Crippen molar-refractivity contribution in [3.8, 4) is 0 Å². The molecule has 0 saturated carbocycles. The molecule has 2 aromatic heterocycles. The van der Waals surface area contributed by atoms with E-state index in [0.717, 1.165) is 15.7 Å². The minimum absolute atomic E-state index is 0.144. The van der Waals surface area contributed by atoms with Gasteiger partial charge in [0.1, 0.15) is 5.69 Å². The van der Waals surface area contributed by atoms with Crippen molar-refractivity contribution < 1.29 is 4.79 Å². The molecule has 2 heterocycles. The molecule has 0 atom stereocenters. The molecule has 0 aliphatic carbocycles. The van der Waals surface area contributed by atoms with Crippen molar-refractivity contribution in [3.63, 3.8) is 0 Å². The first-order chi connectivity index (χ1) is 8.08. The zero-order valence-electron chi connectivity index (χ0n) is 9.57. The molecule has 88 valence electrons. The quantitative estimate of drug-likeness (QED) is 0.925. The number of halogens is 1. The van der Waals surface area contributed by atoms with Crippen LogP contribution in [0.15, 0.2) is 35.2 Å². The van der Waals surface area contributed by atoms with E-state index in [0.29, 0.717) is 5.69 Å². The van der Waals surface area contributed by atoms with Crippen LogP contribution in [0.3, 0.4) is 0 Å². The normalized spacial score (nSPS) is 10.3. The summed E-state index contributed by atoms with van der Waals surface area (Å²) in [7, 11) is 1.83. The number of pyridine rings is 1. The molecule has 0 spiro atoms. The maximum absolute atomic E-state index is 12.0. The lowest BCUT2D eigenvalue weighted by atomic mass is 10.2. The lowest BCUT2D eigenvalue weighted by molar-refractivity contribution is 0.101. The summed E-state index contributed by atoms with van der Waals surface area (Å²) < 4.78 is 2.65. The monoisotopic (exact) mass is 293 g/mol. The van der Waals surface area contributed by atoms with Crippen LogP contribution in [0.25, 0.3) is 0 Å². The molecule has 0 aliphatic rings. The van der Waals surface area contributed by atoms with Gasteiger partial charge in [0, 0.05) is 23.9 Å². The number of hydrogen-bond donors (Lipinski definition) is 1. The fraction of sp³-hybridized carbons (Fsp3) is 0.167.